The molecule has 0 aromatic heterocycles. The molecular weight excluding hydrogens is 189 g/mol. The molecule has 0 aliphatic heterocycles. The first kappa shape index (κ1) is 12.0. The predicted molar refractivity (Wildman–Crippen MR) is 63.7 cm³/mol. The Morgan fingerprint density at radius 3 is 2.67 bits per heavy atom. The maximum atomic E-state index is 13.3. The van der Waals surface area contributed by atoms with E-state index in [0.717, 1.165) is 24.9 Å². The van der Waals surface area contributed by atoms with Crippen LogP contribution in [-0.2, 0) is 0 Å². The highest BCUT2D eigenvalue weighted by Gasteiger charge is 2.08. The van der Waals surface area contributed by atoms with Crippen molar-refractivity contribution in [2.24, 2.45) is 0 Å². The SMILES string of the molecule is CCCC(CC)Nc1cccc(F)c1C. The zero-order chi connectivity index (χ0) is 11.3. The molecule has 1 aromatic carbocycles. The maximum absolute atomic E-state index is 13.3. The number of anilines is 1. The molecule has 15 heavy (non-hydrogen) atoms. The van der Waals surface area contributed by atoms with Crippen LogP contribution in [0.15, 0.2) is 18.2 Å². The molecule has 1 unspecified atom stereocenters. The van der Waals surface area contributed by atoms with Gasteiger partial charge in [-0.2, -0.15) is 0 Å². The molecule has 0 fully saturated rings. The van der Waals surface area contributed by atoms with Gasteiger partial charge in [0.15, 0.2) is 0 Å². The van der Waals surface area contributed by atoms with Crippen LogP contribution in [0.4, 0.5) is 10.1 Å². The van der Waals surface area contributed by atoms with E-state index in [0.29, 0.717) is 11.6 Å². The Morgan fingerprint density at radius 2 is 2.07 bits per heavy atom. The largest absolute Gasteiger partial charge is 0.382 e. The normalized spacial score (nSPS) is 12.5. The van der Waals surface area contributed by atoms with E-state index >= 15 is 0 Å². The molecule has 1 N–H and O–H groups in total. The highest BCUT2D eigenvalue weighted by Crippen LogP contribution is 2.20. The Hall–Kier alpha value is -1.05. The first-order chi connectivity index (χ1) is 7.19. The van der Waals surface area contributed by atoms with Crippen molar-refractivity contribution in [1.29, 1.82) is 0 Å². The summed E-state index contributed by atoms with van der Waals surface area (Å²) in [5, 5.41) is 3.40. The van der Waals surface area contributed by atoms with Gasteiger partial charge in [0.2, 0.25) is 0 Å². The van der Waals surface area contributed by atoms with Gasteiger partial charge in [-0.25, -0.2) is 4.39 Å². The van der Waals surface area contributed by atoms with Gasteiger partial charge in [0.05, 0.1) is 0 Å². The number of benzene rings is 1. The maximum Gasteiger partial charge on any atom is 0.128 e. The van der Waals surface area contributed by atoms with Crippen molar-refractivity contribution in [2.75, 3.05) is 5.32 Å². The first-order valence-corrected chi connectivity index (χ1v) is 5.70. The topological polar surface area (TPSA) is 12.0 Å². The fraction of sp³-hybridized carbons (Fsp3) is 0.538. The Balaban J connectivity index is 2.74. The summed E-state index contributed by atoms with van der Waals surface area (Å²) in [6.07, 6.45) is 3.36. The Labute approximate surface area is 91.7 Å². The van der Waals surface area contributed by atoms with E-state index in [1.807, 2.05) is 13.0 Å². The molecule has 1 nitrogen and oxygen atoms in total. The molecule has 0 heterocycles. The van der Waals surface area contributed by atoms with E-state index in [2.05, 4.69) is 19.2 Å². The van der Waals surface area contributed by atoms with Crippen LogP contribution in [0.1, 0.15) is 38.7 Å². The molecule has 2 heteroatoms. The molecule has 0 radical (unpaired) electrons. The molecule has 0 aliphatic rings. The van der Waals surface area contributed by atoms with Gasteiger partial charge in [0.25, 0.3) is 0 Å². The van der Waals surface area contributed by atoms with Gasteiger partial charge >= 0.3 is 0 Å². The van der Waals surface area contributed by atoms with E-state index < -0.39 is 0 Å². The Morgan fingerprint density at radius 1 is 1.33 bits per heavy atom. The van der Waals surface area contributed by atoms with Gasteiger partial charge < -0.3 is 5.32 Å². The van der Waals surface area contributed by atoms with Crippen molar-refractivity contribution < 1.29 is 4.39 Å². The third-order valence-electron chi connectivity index (χ3n) is 2.76. The highest BCUT2D eigenvalue weighted by molar-refractivity contribution is 5.51. The summed E-state index contributed by atoms with van der Waals surface area (Å²) in [6, 6.07) is 5.65. The summed E-state index contributed by atoms with van der Waals surface area (Å²) in [4.78, 5) is 0. The first-order valence-electron chi connectivity index (χ1n) is 5.70. The van der Waals surface area contributed by atoms with Gasteiger partial charge in [-0.05, 0) is 31.9 Å². The Kier molecular flexibility index (Phi) is 4.60. The lowest BCUT2D eigenvalue weighted by Gasteiger charge is -2.19. The summed E-state index contributed by atoms with van der Waals surface area (Å²) >= 11 is 0. The van der Waals surface area contributed by atoms with Crippen molar-refractivity contribution in [3.05, 3.63) is 29.6 Å². The summed E-state index contributed by atoms with van der Waals surface area (Å²) in [5.74, 6) is -0.133. The van der Waals surface area contributed by atoms with Crippen LogP contribution in [-0.4, -0.2) is 6.04 Å². The third kappa shape index (κ3) is 3.22. The number of hydrogen-bond donors (Lipinski definition) is 1. The second-order valence-corrected chi connectivity index (χ2v) is 3.95. The van der Waals surface area contributed by atoms with Gasteiger partial charge in [-0.3, -0.25) is 0 Å². The fourth-order valence-corrected chi connectivity index (χ4v) is 1.71. The van der Waals surface area contributed by atoms with Crippen LogP contribution in [0, 0.1) is 12.7 Å². The smallest absolute Gasteiger partial charge is 0.128 e. The van der Waals surface area contributed by atoms with E-state index in [9.17, 15) is 4.39 Å². The lowest BCUT2D eigenvalue weighted by Crippen LogP contribution is -2.18. The fourth-order valence-electron chi connectivity index (χ4n) is 1.71. The quantitative estimate of drug-likeness (QED) is 0.769. The van der Waals surface area contributed by atoms with E-state index in [-0.39, 0.29) is 5.82 Å². The molecule has 0 bridgehead atoms. The second kappa shape index (κ2) is 5.74. The Bertz CT molecular complexity index is 309. The molecule has 1 rings (SSSR count). The van der Waals surface area contributed by atoms with Crippen molar-refractivity contribution in [2.45, 2.75) is 46.1 Å². The summed E-state index contributed by atoms with van der Waals surface area (Å²) in [5.41, 5.74) is 1.64. The predicted octanol–water partition coefficient (Wildman–Crippen LogP) is 4.12. The molecular formula is C13H20FN. The lowest BCUT2D eigenvalue weighted by molar-refractivity contribution is 0.609. The lowest BCUT2D eigenvalue weighted by atomic mass is 10.1. The van der Waals surface area contributed by atoms with E-state index in [4.69, 9.17) is 0 Å². The number of halogens is 1. The summed E-state index contributed by atoms with van der Waals surface area (Å²) < 4.78 is 13.3. The molecule has 84 valence electrons. The summed E-state index contributed by atoms with van der Waals surface area (Å²) in [6.45, 7) is 6.14. The molecule has 0 spiro atoms. The van der Waals surface area contributed by atoms with Crippen LogP contribution in [0.25, 0.3) is 0 Å². The summed E-state index contributed by atoms with van der Waals surface area (Å²) in [7, 11) is 0. The van der Waals surface area contributed by atoms with Crippen LogP contribution >= 0.6 is 0 Å². The van der Waals surface area contributed by atoms with Crippen LogP contribution in [0.2, 0.25) is 0 Å². The third-order valence-corrected chi connectivity index (χ3v) is 2.76. The standard InChI is InChI=1S/C13H20FN/c1-4-7-11(5-2)15-13-9-6-8-12(14)10(13)3/h6,8-9,11,15H,4-5,7H2,1-3H3. The molecule has 0 amide bonds. The molecule has 0 aliphatic carbocycles. The minimum absolute atomic E-state index is 0.133. The van der Waals surface area contributed by atoms with Crippen molar-refractivity contribution in [3.8, 4) is 0 Å². The highest BCUT2D eigenvalue weighted by atomic mass is 19.1. The zero-order valence-corrected chi connectivity index (χ0v) is 9.81. The van der Waals surface area contributed by atoms with Crippen LogP contribution < -0.4 is 5.32 Å². The molecule has 1 aromatic rings. The van der Waals surface area contributed by atoms with Gasteiger partial charge in [0.1, 0.15) is 5.82 Å². The second-order valence-electron chi connectivity index (χ2n) is 3.95. The molecule has 0 saturated heterocycles. The van der Waals surface area contributed by atoms with Crippen LogP contribution in [0.5, 0.6) is 0 Å². The van der Waals surface area contributed by atoms with Gasteiger partial charge in [-0.15, -0.1) is 0 Å². The van der Waals surface area contributed by atoms with Gasteiger partial charge in [0, 0.05) is 17.3 Å². The van der Waals surface area contributed by atoms with Crippen molar-refractivity contribution >= 4 is 5.69 Å². The molecule has 0 saturated carbocycles. The average Bonchev–Trinajstić information content (AvgIpc) is 2.24. The van der Waals surface area contributed by atoms with Gasteiger partial charge in [-0.1, -0.05) is 26.3 Å². The number of rotatable bonds is 5. The number of nitrogens with one attached hydrogen (secondary N) is 1. The minimum Gasteiger partial charge on any atom is -0.382 e. The zero-order valence-electron chi connectivity index (χ0n) is 9.81. The van der Waals surface area contributed by atoms with E-state index in [1.165, 1.54) is 6.07 Å². The van der Waals surface area contributed by atoms with E-state index in [1.54, 1.807) is 6.07 Å². The molecule has 1 atom stereocenters. The minimum atomic E-state index is -0.133. The average molecular weight is 209 g/mol. The van der Waals surface area contributed by atoms with Crippen molar-refractivity contribution in [3.63, 3.8) is 0 Å². The number of hydrogen-bond acceptors (Lipinski definition) is 1. The van der Waals surface area contributed by atoms with Crippen LogP contribution in [0.3, 0.4) is 0 Å². The monoisotopic (exact) mass is 209 g/mol. The van der Waals surface area contributed by atoms with Crippen molar-refractivity contribution in [1.82, 2.24) is 0 Å².